The van der Waals surface area contributed by atoms with Crippen molar-refractivity contribution in [2.45, 2.75) is 26.0 Å². The van der Waals surface area contributed by atoms with Crippen molar-refractivity contribution in [3.05, 3.63) is 94.8 Å². The van der Waals surface area contributed by atoms with Crippen LogP contribution in [0.3, 0.4) is 0 Å². The number of aromatic nitrogens is 1. The molecule has 4 heteroatoms. The van der Waals surface area contributed by atoms with E-state index in [1.165, 1.54) is 27.8 Å². The van der Waals surface area contributed by atoms with Gasteiger partial charge in [-0.25, -0.2) is 0 Å². The van der Waals surface area contributed by atoms with Crippen molar-refractivity contribution in [3.63, 3.8) is 0 Å². The lowest BCUT2D eigenvalue weighted by molar-refractivity contribution is -0.113. The normalized spacial score (nSPS) is 10.6. The molecule has 0 saturated heterocycles. The van der Waals surface area contributed by atoms with Gasteiger partial charge in [0.25, 0.3) is 0 Å². The lowest BCUT2D eigenvalue weighted by Crippen LogP contribution is -2.14. The molecule has 3 aromatic rings. The fourth-order valence-electron chi connectivity index (χ4n) is 3.05. The Morgan fingerprint density at radius 3 is 2.19 bits per heavy atom. The number of carbonyl (C=O) groups is 1. The van der Waals surface area contributed by atoms with Gasteiger partial charge in [0.1, 0.15) is 0 Å². The van der Waals surface area contributed by atoms with E-state index in [0.717, 1.165) is 17.9 Å². The molecular weight excluding hydrogens is 352 g/mol. The highest BCUT2D eigenvalue weighted by molar-refractivity contribution is 7.99. The van der Waals surface area contributed by atoms with E-state index in [0.29, 0.717) is 5.75 Å². The molecule has 0 unspecified atom stereocenters. The summed E-state index contributed by atoms with van der Waals surface area (Å²) in [4.78, 5) is 16.2. The number of carbonyl (C=O) groups excluding carboxylic acids is 1. The topological polar surface area (TPSA) is 42.0 Å². The maximum Gasteiger partial charge on any atom is 0.234 e. The number of rotatable bonds is 7. The molecule has 3 rings (SSSR count). The van der Waals surface area contributed by atoms with Gasteiger partial charge in [0, 0.05) is 23.8 Å². The fourth-order valence-corrected chi connectivity index (χ4v) is 3.82. The lowest BCUT2D eigenvalue weighted by Gasteiger charge is -2.08. The van der Waals surface area contributed by atoms with Gasteiger partial charge >= 0.3 is 0 Å². The summed E-state index contributed by atoms with van der Waals surface area (Å²) >= 11 is 1.64. The number of aryl methyl sites for hydroxylation is 2. The molecule has 27 heavy (non-hydrogen) atoms. The van der Waals surface area contributed by atoms with Gasteiger partial charge in [-0.15, -0.1) is 11.8 Å². The summed E-state index contributed by atoms with van der Waals surface area (Å²) in [6, 6.07) is 18.6. The Kier molecular flexibility index (Phi) is 6.66. The zero-order valence-corrected chi connectivity index (χ0v) is 16.6. The molecule has 138 valence electrons. The van der Waals surface area contributed by atoms with Crippen LogP contribution >= 0.6 is 11.8 Å². The van der Waals surface area contributed by atoms with Crippen LogP contribution in [0.15, 0.2) is 67.0 Å². The summed E-state index contributed by atoms with van der Waals surface area (Å²) in [7, 11) is 0. The summed E-state index contributed by atoms with van der Waals surface area (Å²) < 4.78 is 0. The number of anilines is 1. The Morgan fingerprint density at radius 1 is 0.889 bits per heavy atom. The predicted octanol–water partition coefficient (Wildman–Crippen LogP) is 5.16. The molecule has 0 aliphatic rings. The molecule has 0 fully saturated rings. The third kappa shape index (κ3) is 6.26. The number of thioether (sulfide) groups is 1. The van der Waals surface area contributed by atoms with Crippen LogP contribution in [-0.4, -0.2) is 16.6 Å². The van der Waals surface area contributed by atoms with Crippen molar-refractivity contribution in [2.75, 3.05) is 11.1 Å². The van der Waals surface area contributed by atoms with Gasteiger partial charge in [-0.3, -0.25) is 9.78 Å². The Balaban J connectivity index is 1.46. The van der Waals surface area contributed by atoms with Crippen LogP contribution in [0.5, 0.6) is 0 Å². The van der Waals surface area contributed by atoms with Crippen LogP contribution in [0, 0.1) is 13.8 Å². The summed E-state index contributed by atoms with van der Waals surface area (Å²) in [5, 5.41) is 2.97. The molecular formula is C23H24N2OS. The maximum absolute atomic E-state index is 12.2. The van der Waals surface area contributed by atoms with Crippen molar-refractivity contribution in [3.8, 4) is 0 Å². The molecule has 0 bridgehead atoms. The number of benzene rings is 2. The fraction of sp³-hybridized carbons (Fsp3) is 0.217. The minimum Gasteiger partial charge on any atom is -0.325 e. The van der Waals surface area contributed by atoms with Crippen molar-refractivity contribution >= 4 is 23.4 Å². The molecule has 0 saturated carbocycles. The summed E-state index contributed by atoms with van der Waals surface area (Å²) in [5.74, 6) is 1.33. The standard InChI is InChI=1S/C23H24N2OS/c1-17-11-18(2)13-21(12-17)15-27-16-23(26)25-22-5-3-19(4-6-22)14-20-7-9-24-10-8-20/h3-13H,14-16H2,1-2H3,(H,25,26). The monoisotopic (exact) mass is 376 g/mol. The Hall–Kier alpha value is -2.59. The van der Waals surface area contributed by atoms with Crippen molar-refractivity contribution in [1.29, 1.82) is 0 Å². The zero-order chi connectivity index (χ0) is 19.1. The second-order valence-electron chi connectivity index (χ2n) is 6.77. The first-order valence-corrected chi connectivity index (χ1v) is 10.2. The first kappa shape index (κ1) is 19.2. The highest BCUT2D eigenvalue weighted by Gasteiger charge is 2.04. The number of nitrogens with one attached hydrogen (secondary N) is 1. The minimum atomic E-state index is 0.0336. The third-order valence-electron chi connectivity index (χ3n) is 4.18. The number of pyridine rings is 1. The summed E-state index contributed by atoms with van der Waals surface area (Å²) in [5.41, 5.74) is 7.08. The van der Waals surface area contributed by atoms with E-state index in [-0.39, 0.29) is 5.91 Å². The first-order chi connectivity index (χ1) is 13.1. The first-order valence-electron chi connectivity index (χ1n) is 9.01. The minimum absolute atomic E-state index is 0.0336. The van der Waals surface area contributed by atoms with Gasteiger partial charge in [0.05, 0.1) is 5.75 Å². The molecule has 0 atom stereocenters. The van der Waals surface area contributed by atoms with Crippen molar-refractivity contribution in [1.82, 2.24) is 4.98 Å². The van der Waals surface area contributed by atoms with E-state index in [2.05, 4.69) is 54.5 Å². The number of amides is 1. The van der Waals surface area contributed by atoms with Crippen LogP contribution in [-0.2, 0) is 17.0 Å². The average molecular weight is 377 g/mol. The molecule has 0 radical (unpaired) electrons. The van der Waals surface area contributed by atoms with Crippen LogP contribution in [0.1, 0.15) is 27.8 Å². The van der Waals surface area contributed by atoms with Gasteiger partial charge in [0.2, 0.25) is 5.91 Å². The SMILES string of the molecule is Cc1cc(C)cc(CSCC(=O)Nc2ccc(Cc3ccncc3)cc2)c1. The summed E-state index contributed by atoms with van der Waals surface area (Å²) in [6.45, 7) is 4.21. The molecule has 3 nitrogen and oxygen atoms in total. The Bertz CT molecular complexity index is 872. The predicted molar refractivity (Wildman–Crippen MR) is 114 cm³/mol. The largest absolute Gasteiger partial charge is 0.325 e. The van der Waals surface area contributed by atoms with Gasteiger partial charge in [-0.05, 0) is 61.2 Å². The molecule has 0 aliphatic carbocycles. The van der Waals surface area contributed by atoms with Gasteiger partial charge in [-0.1, -0.05) is 41.5 Å². The molecule has 1 N–H and O–H groups in total. The Labute approximate surface area is 165 Å². The van der Waals surface area contributed by atoms with E-state index in [9.17, 15) is 4.79 Å². The van der Waals surface area contributed by atoms with Crippen molar-refractivity contribution < 1.29 is 4.79 Å². The molecule has 1 aromatic heterocycles. The third-order valence-corrected chi connectivity index (χ3v) is 5.18. The van der Waals surface area contributed by atoms with Gasteiger partial charge < -0.3 is 5.32 Å². The number of nitrogens with zero attached hydrogens (tertiary/aromatic N) is 1. The second kappa shape index (κ2) is 9.38. The quantitative estimate of drug-likeness (QED) is 0.619. The highest BCUT2D eigenvalue weighted by Crippen LogP contribution is 2.17. The molecule has 0 aliphatic heterocycles. The van der Waals surface area contributed by atoms with Crippen molar-refractivity contribution in [2.24, 2.45) is 0 Å². The molecule has 0 spiro atoms. The van der Waals surface area contributed by atoms with Crippen LogP contribution in [0.25, 0.3) is 0 Å². The highest BCUT2D eigenvalue weighted by atomic mass is 32.2. The summed E-state index contributed by atoms with van der Waals surface area (Å²) in [6.07, 6.45) is 4.47. The van der Waals surface area contributed by atoms with E-state index in [1.807, 2.05) is 24.3 Å². The van der Waals surface area contributed by atoms with Crippen LogP contribution in [0.2, 0.25) is 0 Å². The molecule has 1 heterocycles. The number of hydrogen-bond acceptors (Lipinski definition) is 3. The number of hydrogen-bond donors (Lipinski definition) is 1. The molecule has 2 aromatic carbocycles. The smallest absolute Gasteiger partial charge is 0.234 e. The maximum atomic E-state index is 12.2. The van der Waals surface area contributed by atoms with E-state index < -0.39 is 0 Å². The lowest BCUT2D eigenvalue weighted by atomic mass is 10.1. The Morgan fingerprint density at radius 2 is 1.52 bits per heavy atom. The van der Waals surface area contributed by atoms with Crippen LogP contribution < -0.4 is 5.32 Å². The van der Waals surface area contributed by atoms with Crippen LogP contribution in [0.4, 0.5) is 5.69 Å². The van der Waals surface area contributed by atoms with E-state index >= 15 is 0 Å². The van der Waals surface area contributed by atoms with E-state index in [4.69, 9.17) is 0 Å². The molecule has 1 amide bonds. The van der Waals surface area contributed by atoms with Gasteiger partial charge in [0.15, 0.2) is 0 Å². The van der Waals surface area contributed by atoms with Gasteiger partial charge in [-0.2, -0.15) is 0 Å². The van der Waals surface area contributed by atoms with E-state index in [1.54, 1.807) is 24.2 Å². The second-order valence-corrected chi connectivity index (χ2v) is 7.75. The zero-order valence-electron chi connectivity index (χ0n) is 15.7. The average Bonchev–Trinajstić information content (AvgIpc) is 2.63.